The normalized spacial score (nSPS) is 11.7. The molecule has 0 fully saturated rings. The molecule has 0 unspecified atom stereocenters. The predicted octanol–water partition coefficient (Wildman–Crippen LogP) is 2.97. The summed E-state index contributed by atoms with van der Waals surface area (Å²) in [5.74, 6) is -1.44. The lowest BCUT2D eigenvalue weighted by Crippen LogP contribution is -2.19. The fraction of sp³-hybridized carbons (Fsp3) is 0.111. The SMILES string of the molecule is O=C(OC(F)(F)F)c1cccc2scnc12. The zero-order valence-corrected chi connectivity index (χ0v) is 8.43. The Bertz CT molecular complexity index is 535. The van der Waals surface area contributed by atoms with Crippen LogP contribution >= 0.6 is 11.3 Å². The molecule has 1 aromatic carbocycles. The van der Waals surface area contributed by atoms with Crippen LogP contribution in [-0.4, -0.2) is 17.3 Å². The summed E-state index contributed by atoms with van der Waals surface area (Å²) in [6.07, 6.45) is -4.98. The number of esters is 1. The van der Waals surface area contributed by atoms with Crippen molar-refractivity contribution in [3.05, 3.63) is 29.3 Å². The van der Waals surface area contributed by atoms with E-state index in [4.69, 9.17) is 0 Å². The Morgan fingerprint density at radius 1 is 1.38 bits per heavy atom. The van der Waals surface area contributed by atoms with Gasteiger partial charge in [-0.2, -0.15) is 0 Å². The molecule has 0 atom stereocenters. The molecule has 16 heavy (non-hydrogen) atoms. The van der Waals surface area contributed by atoms with Crippen LogP contribution in [0.15, 0.2) is 23.7 Å². The molecule has 0 saturated carbocycles. The fourth-order valence-corrected chi connectivity index (χ4v) is 1.91. The van der Waals surface area contributed by atoms with E-state index >= 15 is 0 Å². The minimum absolute atomic E-state index is 0.184. The van der Waals surface area contributed by atoms with Gasteiger partial charge in [0.1, 0.15) is 0 Å². The predicted molar refractivity (Wildman–Crippen MR) is 51.1 cm³/mol. The highest BCUT2D eigenvalue weighted by Crippen LogP contribution is 2.24. The Hall–Kier alpha value is -1.63. The van der Waals surface area contributed by atoms with Gasteiger partial charge in [0.15, 0.2) is 0 Å². The largest absolute Gasteiger partial charge is 0.575 e. The molecule has 1 heterocycles. The average Bonchev–Trinajstić information content (AvgIpc) is 2.61. The summed E-state index contributed by atoms with van der Waals surface area (Å²) in [5, 5.41) is 0. The van der Waals surface area contributed by atoms with Crippen LogP contribution in [0, 0.1) is 0 Å². The number of ether oxygens (including phenoxy) is 1. The number of hydrogen-bond donors (Lipinski definition) is 0. The van der Waals surface area contributed by atoms with E-state index < -0.39 is 12.3 Å². The Labute approximate surface area is 91.5 Å². The summed E-state index contributed by atoms with van der Waals surface area (Å²) in [6.45, 7) is 0. The van der Waals surface area contributed by atoms with Gasteiger partial charge < -0.3 is 4.74 Å². The number of rotatable bonds is 1. The van der Waals surface area contributed by atoms with Crippen molar-refractivity contribution in [2.24, 2.45) is 0 Å². The average molecular weight is 247 g/mol. The highest BCUT2D eigenvalue weighted by Gasteiger charge is 2.35. The molecule has 0 aliphatic carbocycles. The molecule has 0 radical (unpaired) electrons. The van der Waals surface area contributed by atoms with Crippen LogP contribution in [0.5, 0.6) is 0 Å². The first-order valence-corrected chi connectivity index (χ1v) is 4.97. The van der Waals surface area contributed by atoms with Crippen LogP contribution in [0.4, 0.5) is 13.2 Å². The number of thiazole rings is 1. The molecular weight excluding hydrogens is 243 g/mol. The molecule has 0 aliphatic heterocycles. The van der Waals surface area contributed by atoms with Crippen LogP contribution in [0.2, 0.25) is 0 Å². The van der Waals surface area contributed by atoms with Gasteiger partial charge >= 0.3 is 12.3 Å². The molecule has 2 aromatic rings. The second-order valence-electron chi connectivity index (χ2n) is 2.84. The van der Waals surface area contributed by atoms with E-state index in [2.05, 4.69) is 9.72 Å². The van der Waals surface area contributed by atoms with Gasteiger partial charge in [0.05, 0.1) is 21.3 Å². The van der Waals surface area contributed by atoms with Crippen molar-refractivity contribution in [1.82, 2.24) is 4.98 Å². The molecule has 0 N–H and O–H groups in total. The van der Waals surface area contributed by atoms with Gasteiger partial charge in [0.2, 0.25) is 0 Å². The molecule has 1 aromatic heterocycles. The highest BCUT2D eigenvalue weighted by atomic mass is 32.1. The first-order valence-electron chi connectivity index (χ1n) is 4.09. The van der Waals surface area contributed by atoms with Crippen LogP contribution < -0.4 is 0 Å². The second kappa shape index (κ2) is 3.75. The van der Waals surface area contributed by atoms with Crippen LogP contribution in [0.25, 0.3) is 10.2 Å². The molecule has 0 saturated heterocycles. The summed E-state index contributed by atoms with van der Waals surface area (Å²) in [5.41, 5.74) is 1.49. The Morgan fingerprint density at radius 3 is 2.81 bits per heavy atom. The molecule has 84 valence electrons. The van der Waals surface area contributed by atoms with Crippen molar-refractivity contribution in [3.63, 3.8) is 0 Å². The molecule has 3 nitrogen and oxygen atoms in total. The summed E-state index contributed by atoms with van der Waals surface area (Å²) in [6, 6.07) is 4.39. The number of para-hydroxylation sites is 1. The third kappa shape index (κ3) is 2.13. The fourth-order valence-electron chi connectivity index (χ4n) is 1.21. The van der Waals surface area contributed by atoms with Gasteiger partial charge in [-0.3, -0.25) is 0 Å². The maximum atomic E-state index is 11.9. The lowest BCUT2D eigenvalue weighted by atomic mass is 10.2. The maximum absolute atomic E-state index is 11.9. The van der Waals surface area contributed by atoms with Gasteiger partial charge in [-0.1, -0.05) is 6.07 Å². The molecule has 0 aliphatic rings. The van der Waals surface area contributed by atoms with Crippen molar-refractivity contribution < 1.29 is 22.7 Å². The first kappa shape index (κ1) is 10.9. The number of alkyl halides is 3. The third-order valence-corrected chi connectivity index (χ3v) is 2.58. The number of carbonyl (C=O) groups excluding carboxylic acids is 1. The second-order valence-corrected chi connectivity index (χ2v) is 3.73. The number of aromatic nitrogens is 1. The topological polar surface area (TPSA) is 39.2 Å². The van der Waals surface area contributed by atoms with E-state index in [1.54, 1.807) is 6.07 Å². The molecule has 0 amide bonds. The number of nitrogens with zero attached hydrogens (tertiary/aromatic N) is 1. The summed E-state index contributed by atoms with van der Waals surface area (Å²) in [4.78, 5) is 15.0. The molecule has 7 heteroatoms. The quantitative estimate of drug-likeness (QED) is 0.727. The van der Waals surface area contributed by atoms with Gasteiger partial charge in [0.25, 0.3) is 0 Å². The number of fused-ring (bicyclic) bond motifs is 1. The van der Waals surface area contributed by atoms with Crippen molar-refractivity contribution in [2.75, 3.05) is 0 Å². The standard InChI is InChI=1S/C9H4F3NO2S/c10-9(11,12)15-8(14)5-2-1-3-6-7(5)13-4-16-6/h1-4H. The van der Waals surface area contributed by atoms with Crippen molar-refractivity contribution in [3.8, 4) is 0 Å². The van der Waals surface area contributed by atoms with Gasteiger partial charge in [0, 0.05) is 0 Å². The highest BCUT2D eigenvalue weighted by molar-refractivity contribution is 7.16. The van der Waals surface area contributed by atoms with Crippen molar-refractivity contribution in [1.29, 1.82) is 0 Å². The van der Waals surface area contributed by atoms with E-state index in [-0.39, 0.29) is 11.1 Å². The molecule has 0 spiro atoms. The minimum atomic E-state index is -4.98. The van der Waals surface area contributed by atoms with Gasteiger partial charge in [-0.05, 0) is 12.1 Å². The zero-order chi connectivity index (χ0) is 11.8. The first-order chi connectivity index (χ1) is 7.47. The van der Waals surface area contributed by atoms with Gasteiger partial charge in [-0.25, -0.2) is 9.78 Å². The lowest BCUT2D eigenvalue weighted by molar-refractivity contribution is -0.291. The number of halogens is 3. The smallest absolute Gasteiger partial charge is 0.369 e. The Kier molecular flexibility index (Phi) is 2.55. The summed E-state index contributed by atoms with van der Waals surface area (Å²) < 4.78 is 39.5. The van der Waals surface area contributed by atoms with Crippen LogP contribution in [0.3, 0.4) is 0 Å². The van der Waals surface area contributed by atoms with E-state index in [0.717, 1.165) is 0 Å². The molecule has 2 rings (SSSR count). The van der Waals surface area contributed by atoms with E-state index in [1.165, 1.54) is 29.0 Å². The molecule has 0 bridgehead atoms. The monoisotopic (exact) mass is 247 g/mol. The molecular formula is C9H4F3NO2S. The summed E-state index contributed by atoms with van der Waals surface area (Å²) >= 11 is 1.24. The Balaban J connectivity index is 2.40. The number of carbonyl (C=O) groups is 1. The summed E-state index contributed by atoms with van der Waals surface area (Å²) in [7, 11) is 0. The minimum Gasteiger partial charge on any atom is -0.369 e. The Morgan fingerprint density at radius 2 is 2.12 bits per heavy atom. The van der Waals surface area contributed by atoms with E-state index in [1.807, 2.05) is 0 Å². The van der Waals surface area contributed by atoms with Gasteiger partial charge in [-0.15, -0.1) is 24.5 Å². The van der Waals surface area contributed by atoms with Crippen LogP contribution in [0.1, 0.15) is 10.4 Å². The van der Waals surface area contributed by atoms with Crippen LogP contribution in [-0.2, 0) is 4.74 Å². The lowest BCUT2D eigenvalue weighted by Gasteiger charge is -2.07. The van der Waals surface area contributed by atoms with E-state index in [0.29, 0.717) is 4.70 Å². The number of hydrogen-bond acceptors (Lipinski definition) is 4. The third-order valence-electron chi connectivity index (χ3n) is 1.79. The van der Waals surface area contributed by atoms with Crippen molar-refractivity contribution in [2.45, 2.75) is 6.36 Å². The zero-order valence-electron chi connectivity index (χ0n) is 7.62. The number of benzene rings is 1. The van der Waals surface area contributed by atoms with E-state index in [9.17, 15) is 18.0 Å². The maximum Gasteiger partial charge on any atom is 0.575 e. The van der Waals surface area contributed by atoms with Crippen molar-refractivity contribution >= 4 is 27.5 Å².